The zero-order valence-corrected chi connectivity index (χ0v) is 36.0. The van der Waals surface area contributed by atoms with Gasteiger partial charge in [-0.05, 0) is 131 Å². The van der Waals surface area contributed by atoms with Crippen molar-refractivity contribution in [3.05, 3.63) is 224 Å². The summed E-state index contributed by atoms with van der Waals surface area (Å²) in [6.07, 6.45) is 0. The van der Waals surface area contributed by atoms with E-state index in [2.05, 4.69) is 214 Å². The zero-order valence-electron chi connectivity index (χ0n) is 36.0. The molecule has 11 aromatic carbocycles. The highest BCUT2D eigenvalue weighted by atomic mass is 16.3. The molecule has 67 heavy (non-hydrogen) atoms. The van der Waals surface area contributed by atoms with Crippen LogP contribution in [-0.2, 0) is 0 Å². The SMILES string of the molecule is c1ccc(N(c2ccc3cc4c5cccc6c7cc8ccc(N(c9ccccc9)c9cccc%10oc%11ccccc%11c9%10)cc8cc7n(c4cc3c2)c56)c2cccc3oc4ccccc4c23)cc1. The largest absolute Gasteiger partial charge is 0.456 e. The second kappa shape index (κ2) is 13.7. The van der Waals surface area contributed by atoms with Crippen molar-refractivity contribution in [2.75, 3.05) is 9.80 Å². The molecule has 0 aliphatic carbocycles. The van der Waals surface area contributed by atoms with Crippen LogP contribution in [-0.4, -0.2) is 4.40 Å². The molecule has 0 saturated carbocycles. The maximum atomic E-state index is 6.40. The fourth-order valence-corrected chi connectivity index (χ4v) is 11.1. The number of aromatic nitrogens is 1. The van der Waals surface area contributed by atoms with E-state index >= 15 is 0 Å². The van der Waals surface area contributed by atoms with Crippen molar-refractivity contribution in [1.82, 2.24) is 4.40 Å². The molecule has 0 saturated heterocycles. The van der Waals surface area contributed by atoms with E-state index in [1.165, 1.54) is 59.6 Å². The number of rotatable bonds is 6. The van der Waals surface area contributed by atoms with Crippen LogP contribution in [0.1, 0.15) is 0 Å². The second-order valence-electron chi connectivity index (χ2n) is 17.7. The number of benzene rings is 11. The van der Waals surface area contributed by atoms with Gasteiger partial charge in [0.2, 0.25) is 0 Å². The molecule has 5 nitrogen and oxygen atoms in total. The first-order chi connectivity index (χ1) is 33.2. The van der Waals surface area contributed by atoms with Crippen molar-refractivity contribution >= 4 is 138 Å². The number of nitrogens with zero attached hydrogens (tertiary/aromatic N) is 3. The van der Waals surface area contributed by atoms with Crippen LogP contribution in [0.2, 0.25) is 0 Å². The molecule has 0 atom stereocenters. The minimum atomic E-state index is 0.871. The summed E-state index contributed by atoms with van der Waals surface area (Å²) in [6.45, 7) is 0. The Morgan fingerprint density at radius 3 is 1.19 bits per heavy atom. The molecule has 0 spiro atoms. The molecule has 0 aliphatic heterocycles. The molecule has 15 aromatic rings. The Balaban J connectivity index is 0.942. The molecule has 4 heterocycles. The van der Waals surface area contributed by atoms with Crippen molar-refractivity contribution in [3.8, 4) is 0 Å². The molecule has 0 unspecified atom stereocenters. The minimum absolute atomic E-state index is 0.871. The first-order valence-electron chi connectivity index (χ1n) is 22.8. The van der Waals surface area contributed by atoms with E-state index in [4.69, 9.17) is 8.83 Å². The molecule has 5 heteroatoms. The van der Waals surface area contributed by atoms with E-state index in [1.807, 2.05) is 24.3 Å². The van der Waals surface area contributed by atoms with Gasteiger partial charge in [0.1, 0.15) is 22.3 Å². The van der Waals surface area contributed by atoms with E-state index in [0.717, 1.165) is 78.0 Å². The molecular formula is C62H37N3O2. The summed E-state index contributed by atoms with van der Waals surface area (Å²) >= 11 is 0. The van der Waals surface area contributed by atoms with Crippen LogP contribution >= 0.6 is 0 Å². The summed E-state index contributed by atoms with van der Waals surface area (Å²) in [6, 6.07) is 80.8. The van der Waals surface area contributed by atoms with Crippen LogP contribution in [0, 0.1) is 0 Å². The number of furan rings is 2. The standard InChI is InChI=1S/C62H37N3O2/c1-3-14-42(15-4-1)63(52-22-12-26-58-60(52)48-18-7-9-24-56(48)66-58)44-30-28-38-34-50-46-20-11-21-47-51-35-39-29-31-45(33-41(39)37-55(51)65(62(46)47)54(50)36-40(38)32-44)64(43-16-5-2-6-17-43)53-23-13-27-59-61(53)49-19-8-10-25-57(49)67-59/h1-37H. The van der Waals surface area contributed by atoms with E-state index in [-0.39, 0.29) is 0 Å². The lowest BCUT2D eigenvalue weighted by Crippen LogP contribution is -2.10. The Labute approximate surface area is 383 Å². The summed E-state index contributed by atoms with van der Waals surface area (Å²) in [5.74, 6) is 0. The van der Waals surface area contributed by atoms with E-state index < -0.39 is 0 Å². The number of fused-ring (bicyclic) bond motifs is 14. The van der Waals surface area contributed by atoms with Crippen LogP contribution in [0.4, 0.5) is 34.1 Å². The molecule has 0 bridgehead atoms. The zero-order chi connectivity index (χ0) is 43.7. The smallest absolute Gasteiger partial charge is 0.137 e. The topological polar surface area (TPSA) is 37.2 Å². The second-order valence-corrected chi connectivity index (χ2v) is 17.7. The lowest BCUT2D eigenvalue weighted by molar-refractivity contribution is 0.668. The highest BCUT2D eigenvalue weighted by Crippen LogP contribution is 2.47. The molecule has 0 N–H and O–H groups in total. The van der Waals surface area contributed by atoms with Gasteiger partial charge in [0, 0.05) is 55.1 Å². The Morgan fingerprint density at radius 1 is 0.284 bits per heavy atom. The van der Waals surface area contributed by atoms with Crippen LogP contribution < -0.4 is 9.80 Å². The van der Waals surface area contributed by atoms with Gasteiger partial charge < -0.3 is 23.0 Å². The lowest BCUT2D eigenvalue weighted by atomic mass is 10.0. The molecule has 0 fully saturated rings. The predicted octanol–water partition coefficient (Wildman–Crippen LogP) is 17.9. The number of hydrogen-bond donors (Lipinski definition) is 0. The first-order valence-corrected chi connectivity index (χ1v) is 22.8. The Hall–Kier alpha value is -9.06. The van der Waals surface area contributed by atoms with Crippen LogP contribution in [0.25, 0.3) is 104 Å². The fraction of sp³-hybridized carbons (Fsp3) is 0. The maximum absolute atomic E-state index is 6.40. The van der Waals surface area contributed by atoms with Gasteiger partial charge in [0.15, 0.2) is 0 Å². The van der Waals surface area contributed by atoms with Crippen molar-refractivity contribution < 1.29 is 8.83 Å². The Morgan fingerprint density at radius 2 is 0.701 bits per heavy atom. The molecular weight excluding hydrogens is 819 g/mol. The first kappa shape index (κ1) is 36.3. The van der Waals surface area contributed by atoms with Gasteiger partial charge in [-0.3, -0.25) is 0 Å². The summed E-state index contributed by atoms with van der Waals surface area (Å²) in [4.78, 5) is 4.74. The number of hydrogen-bond acceptors (Lipinski definition) is 4. The normalized spacial score (nSPS) is 12.2. The van der Waals surface area contributed by atoms with Crippen molar-refractivity contribution in [1.29, 1.82) is 0 Å². The van der Waals surface area contributed by atoms with E-state index in [1.54, 1.807) is 0 Å². The van der Waals surface area contributed by atoms with Gasteiger partial charge in [0.25, 0.3) is 0 Å². The average Bonchev–Trinajstić information content (AvgIpc) is 4.13. The minimum Gasteiger partial charge on any atom is -0.456 e. The summed E-state index contributed by atoms with van der Waals surface area (Å²) in [5, 5.41) is 14.2. The maximum Gasteiger partial charge on any atom is 0.137 e. The number of para-hydroxylation sites is 5. The average molecular weight is 856 g/mol. The van der Waals surface area contributed by atoms with Crippen LogP contribution in [0.5, 0.6) is 0 Å². The molecule has 0 amide bonds. The van der Waals surface area contributed by atoms with Crippen molar-refractivity contribution in [2.24, 2.45) is 0 Å². The predicted molar refractivity (Wildman–Crippen MR) is 280 cm³/mol. The lowest BCUT2D eigenvalue weighted by Gasteiger charge is -2.26. The van der Waals surface area contributed by atoms with Gasteiger partial charge in [-0.2, -0.15) is 0 Å². The summed E-state index contributed by atoms with van der Waals surface area (Å²) in [5.41, 5.74) is 13.6. The quantitative estimate of drug-likeness (QED) is 0.167. The van der Waals surface area contributed by atoms with Gasteiger partial charge in [-0.15, -0.1) is 0 Å². The summed E-state index contributed by atoms with van der Waals surface area (Å²) < 4.78 is 15.3. The highest BCUT2D eigenvalue weighted by Gasteiger charge is 2.23. The van der Waals surface area contributed by atoms with Crippen LogP contribution in [0.15, 0.2) is 233 Å². The van der Waals surface area contributed by atoms with E-state index in [9.17, 15) is 0 Å². The molecule has 0 aliphatic rings. The third-order valence-electron chi connectivity index (χ3n) is 14.0. The van der Waals surface area contributed by atoms with Crippen molar-refractivity contribution in [2.45, 2.75) is 0 Å². The van der Waals surface area contributed by atoms with Gasteiger partial charge in [-0.25, -0.2) is 0 Å². The molecule has 4 aromatic heterocycles. The monoisotopic (exact) mass is 855 g/mol. The molecule has 0 radical (unpaired) electrons. The third kappa shape index (κ3) is 5.25. The summed E-state index contributed by atoms with van der Waals surface area (Å²) in [7, 11) is 0. The third-order valence-corrected chi connectivity index (χ3v) is 14.0. The fourth-order valence-electron chi connectivity index (χ4n) is 11.1. The van der Waals surface area contributed by atoms with Gasteiger partial charge in [-0.1, -0.05) is 115 Å². The highest BCUT2D eigenvalue weighted by molar-refractivity contribution is 6.26. The van der Waals surface area contributed by atoms with Crippen molar-refractivity contribution in [3.63, 3.8) is 0 Å². The van der Waals surface area contributed by atoms with Crippen LogP contribution in [0.3, 0.4) is 0 Å². The molecule has 312 valence electrons. The Kier molecular flexibility index (Phi) is 7.44. The molecule has 15 rings (SSSR count). The van der Waals surface area contributed by atoms with E-state index in [0.29, 0.717) is 0 Å². The number of anilines is 6. The van der Waals surface area contributed by atoms with Gasteiger partial charge in [0.05, 0.1) is 38.7 Å². The van der Waals surface area contributed by atoms with Gasteiger partial charge >= 0.3 is 0 Å². The Bertz CT molecular complexity index is 4190.